The van der Waals surface area contributed by atoms with E-state index in [9.17, 15) is 9.59 Å². The maximum absolute atomic E-state index is 13.3. The van der Waals surface area contributed by atoms with Crippen molar-refractivity contribution in [3.8, 4) is 0 Å². The first-order chi connectivity index (χ1) is 12.9. The third kappa shape index (κ3) is 4.37. The highest BCUT2D eigenvalue weighted by atomic mass is 16.2. The van der Waals surface area contributed by atoms with Gasteiger partial charge in [-0.15, -0.1) is 0 Å². The van der Waals surface area contributed by atoms with Gasteiger partial charge >= 0.3 is 0 Å². The van der Waals surface area contributed by atoms with Crippen molar-refractivity contribution in [2.75, 3.05) is 13.1 Å². The Morgan fingerprint density at radius 2 is 1.67 bits per heavy atom. The number of piperidine rings is 1. The van der Waals surface area contributed by atoms with Crippen molar-refractivity contribution < 1.29 is 9.59 Å². The van der Waals surface area contributed by atoms with E-state index in [0.717, 1.165) is 12.0 Å². The summed E-state index contributed by atoms with van der Waals surface area (Å²) in [5, 5.41) is 2.92. The Labute approximate surface area is 160 Å². The van der Waals surface area contributed by atoms with Crippen molar-refractivity contribution in [3.63, 3.8) is 0 Å². The van der Waals surface area contributed by atoms with Crippen molar-refractivity contribution in [1.82, 2.24) is 10.2 Å². The Kier molecular flexibility index (Phi) is 5.61. The predicted octanol–water partition coefficient (Wildman–Crippen LogP) is 2.74. The summed E-state index contributed by atoms with van der Waals surface area (Å²) in [5.41, 5.74) is 7.37. The summed E-state index contributed by atoms with van der Waals surface area (Å²) in [6, 6.07) is 17.7. The molecule has 5 nitrogen and oxygen atoms in total. The lowest BCUT2D eigenvalue weighted by atomic mass is 9.79. The van der Waals surface area contributed by atoms with Crippen LogP contribution in [0.1, 0.15) is 42.2 Å². The van der Waals surface area contributed by atoms with Gasteiger partial charge in [0.1, 0.15) is 6.04 Å². The molecule has 0 aliphatic carbocycles. The number of benzene rings is 2. The molecular formula is C22H27N3O2. The van der Waals surface area contributed by atoms with E-state index >= 15 is 0 Å². The van der Waals surface area contributed by atoms with Crippen LogP contribution in [0.5, 0.6) is 0 Å². The third-order valence-corrected chi connectivity index (χ3v) is 5.32. The number of nitrogens with two attached hydrogens (primary N) is 1. The van der Waals surface area contributed by atoms with Gasteiger partial charge in [0.15, 0.2) is 0 Å². The first-order valence-corrected chi connectivity index (χ1v) is 9.34. The highest BCUT2D eigenvalue weighted by Gasteiger charge is 2.38. The molecule has 0 bridgehead atoms. The van der Waals surface area contributed by atoms with Crippen molar-refractivity contribution in [1.29, 1.82) is 0 Å². The summed E-state index contributed by atoms with van der Waals surface area (Å²) >= 11 is 0. The smallest absolute Gasteiger partial charge is 0.252 e. The van der Waals surface area contributed by atoms with Gasteiger partial charge in [0.2, 0.25) is 5.91 Å². The average molecular weight is 365 g/mol. The summed E-state index contributed by atoms with van der Waals surface area (Å²) in [6.07, 6.45) is 0.757. The molecule has 0 aromatic heterocycles. The van der Waals surface area contributed by atoms with Gasteiger partial charge in [0, 0.05) is 24.7 Å². The zero-order valence-corrected chi connectivity index (χ0v) is 15.9. The number of amides is 2. The molecule has 0 radical (unpaired) electrons. The molecule has 2 aromatic rings. The van der Waals surface area contributed by atoms with Crippen molar-refractivity contribution >= 4 is 11.8 Å². The lowest BCUT2D eigenvalue weighted by Crippen LogP contribution is -2.56. The van der Waals surface area contributed by atoms with Crippen LogP contribution in [0.15, 0.2) is 60.7 Å². The molecule has 3 N–H and O–H groups in total. The molecule has 1 aliphatic heterocycles. The molecule has 5 heteroatoms. The maximum Gasteiger partial charge on any atom is 0.252 e. The van der Waals surface area contributed by atoms with E-state index in [1.165, 1.54) is 0 Å². The van der Waals surface area contributed by atoms with Crippen LogP contribution < -0.4 is 11.1 Å². The highest BCUT2D eigenvalue weighted by molar-refractivity contribution is 5.97. The Morgan fingerprint density at radius 1 is 1.07 bits per heavy atom. The van der Waals surface area contributed by atoms with Gasteiger partial charge in [-0.2, -0.15) is 0 Å². The number of carbonyl (C=O) groups is 2. The fourth-order valence-corrected chi connectivity index (χ4v) is 3.48. The Hall–Kier alpha value is -2.66. The standard InChI is InChI=1S/C22H27N3O2/c1-22(2)15-25(14-13-18(22)23)21(27)19(16-9-5-3-6-10-16)24-20(26)17-11-7-4-8-12-17/h3-12,18-19H,13-15,23H2,1-2H3,(H,24,26). The SMILES string of the molecule is CC1(C)CN(C(=O)C(NC(=O)c2ccccc2)c2ccccc2)CCC1N. The van der Waals surface area contributed by atoms with Crippen molar-refractivity contribution in [2.45, 2.75) is 32.4 Å². The van der Waals surface area contributed by atoms with Crippen LogP contribution in [0, 0.1) is 5.41 Å². The minimum atomic E-state index is -0.718. The van der Waals surface area contributed by atoms with E-state index < -0.39 is 6.04 Å². The largest absolute Gasteiger partial charge is 0.340 e. The normalized spacial score (nSPS) is 20.0. The number of carbonyl (C=O) groups excluding carboxylic acids is 2. The van der Waals surface area contributed by atoms with Gasteiger partial charge in [0.05, 0.1) is 0 Å². The first-order valence-electron chi connectivity index (χ1n) is 9.34. The van der Waals surface area contributed by atoms with Crippen LogP contribution in [0.25, 0.3) is 0 Å². The molecule has 2 atom stereocenters. The van der Waals surface area contributed by atoms with Crippen LogP contribution >= 0.6 is 0 Å². The lowest BCUT2D eigenvalue weighted by Gasteiger charge is -2.43. The molecule has 0 saturated carbocycles. The summed E-state index contributed by atoms with van der Waals surface area (Å²) in [5.74, 6) is -0.351. The topological polar surface area (TPSA) is 75.4 Å². The molecule has 2 unspecified atom stereocenters. The van der Waals surface area contributed by atoms with Crippen LogP contribution in [-0.4, -0.2) is 35.8 Å². The molecule has 1 saturated heterocycles. The molecule has 27 heavy (non-hydrogen) atoms. The van der Waals surface area contributed by atoms with Gasteiger partial charge in [-0.1, -0.05) is 62.4 Å². The lowest BCUT2D eigenvalue weighted by molar-refractivity contribution is -0.136. The summed E-state index contributed by atoms with van der Waals surface area (Å²) in [4.78, 5) is 27.8. The van der Waals surface area contributed by atoms with Gasteiger partial charge in [-0.3, -0.25) is 9.59 Å². The second kappa shape index (κ2) is 7.92. The van der Waals surface area contributed by atoms with E-state index in [1.807, 2.05) is 53.4 Å². The van der Waals surface area contributed by atoms with E-state index in [2.05, 4.69) is 19.2 Å². The van der Waals surface area contributed by atoms with Crippen LogP contribution in [0.3, 0.4) is 0 Å². The van der Waals surface area contributed by atoms with Crippen LogP contribution in [0.4, 0.5) is 0 Å². The fourth-order valence-electron chi connectivity index (χ4n) is 3.48. The van der Waals surface area contributed by atoms with Crippen molar-refractivity contribution in [3.05, 3.63) is 71.8 Å². The molecule has 1 heterocycles. The second-order valence-electron chi connectivity index (χ2n) is 7.83. The number of nitrogens with one attached hydrogen (secondary N) is 1. The van der Waals surface area contributed by atoms with E-state index in [4.69, 9.17) is 5.73 Å². The monoisotopic (exact) mass is 365 g/mol. The first kappa shape index (κ1) is 19.1. The molecule has 1 fully saturated rings. The summed E-state index contributed by atoms with van der Waals surface area (Å²) in [6.45, 7) is 5.35. The second-order valence-corrected chi connectivity index (χ2v) is 7.83. The van der Waals surface area contributed by atoms with E-state index in [0.29, 0.717) is 18.7 Å². The fraction of sp³-hybridized carbons (Fsp3) is 0.364. The average Bonchev–Trinajstić information content (AvgIpc) is 2.69. The van der Waals surface area contributed by atoms with E-state index in [1.54, 1.807) is 12.1 Å². The molecule has 1 aliphatic rings. The quantitative estimate of drug-likeness (QED) is 0.875. The maximum atomic E-state index is 13.3. The number of nitrogens with zero attached hydrogens (tertiary/aromatic N) is 1. The zero-order valence-electron chi connectivity index (χ0n) is 15.9. The number of likely N-dealkylation sites (tertiary alicyclic amines) is 1. The Bertz CT molecular complexity index is 790. The molecule has 3 rings (SSSR count). The Balaban J connectivity index is 1.84. The van der Waals surface area contributed by atoms with Crippen LogP contribution in [-0.2, 0) is 4.79 Å². The number of hydrogen-bond acceptors (Lipinski definition) is 3. The minimum Gasteiger partial charge on any atom is -0.340 e. The molecule has 2 aromatic carbocycles. The number of hydrogen-bond donors (Lipinski definition) is 2. The van der Waals surface area contributed by atoms with Gasteiger partial charge < -0.3 is 16.0 Å². The summed E-state index contributed by atoms with van der Waals surface area (Å²) < 4.78 is 0. The number of rotatable bonds is 4. The Morgan fingerprint density at radius 3 is 2.26 bits per heavy atom. The molecule has 2 amide bonds. The molecular weight excluding hydrogens is 338 g/mol. The molecule has 0 spiro atoms. The summed E-state index contributed by atoms with van der Waals surface area (Å²) in [7, 11) is 0. The molecule has 142 valence electrons. The van der Waals surface area contributed by atoms with E-state index in [-0.39, 0.29) is 23.3 Å². The third-order valence-electron chi connectivity index (χ3n) is 5.32. The van der Waals surface area contributed by atoms with Crippen molar-refractivity contribution in [2.24, 2.45) is 11.1 Å². The van der Waals surface area contributed by atoms with Gasteiger partial charge in [0.25, 0.3) is 5.91 Å². The minimum absolute atomic E-state index is 0.0654. The van der Waals surface area contributed by atoms with Gasteiger partial charge in [-0.05, 0) is 29.5 Å². The predicted molar refractivity (Wildman–Crippen MR) is 106 cm³/mol. The van der Waals surface area contributed by atoms with Gasteiger partial charge in [-0.25, -0.2) is 0 Å². The highest BCUT2D eigenvalue weighted by Crippen LogP contribution is 2.29. The van der Waals surface area contributed by atoms with Crippen LogP contribution in [0.2, 0.25) is 0 Å². The zero-order chi connectivity index (χ0) is 19.4.